The highest BCUT2D eigenvalue weighted by atomic mass is 35.5. The van der Waals surface area contributed by atoms with Gasteiger partial charge < -0.3 is 10.0 Å². The van der Waals surface area contributed by atoms with Crippen molar-refractivity contribution in [3.05, 3.63) is 136 Å². The van der Waals surface area contributed by atoms with Gasteiger partial charge in [0.05, 0.1) is 0 Å². The van der Waals surface area contributed by atoms with E-state index < -0.39 is 0 Å². The number of hydrogen-bond acceptors (Lipinski definition) is 2. The second kappa shape index (κ2) is 10.6. The first-order valence-electron chi connectivity index (χ1n) is 11.6. The van der Waals surface area contributed by atoms with Gasteiger partial charge in [-0.15, -0.1) is 0 Å². The van der Waals surface area contributed by atoms with Crippen molar-refractivity contribution >= 4 is 40.2 Å². The third kappa shape index (κ3) is 5.56. The van der Waals surface area contributed by atoms with Crippen LogP contribution in [0.1, 0.15) is 37.0 Å². The number of para-hydroxylation sites is 1. The molecular formula is C31H29Cl2NO. The molecule has 1 aliphatic heterocycles. The number of allylic oxidation sites excluding steroid dienone is 7. The first-order valence-corrected chi connectivity index (χ1v) is 12.4. The molecule has 0 atom stereocenters. The molecule has 0 amide bonds. The van der Waals surface area contributed by atoms with Crippen molar-refractivity contribution in [2.24, 2.45) is 0 Å². The van der Waals surface area contributed by atoms with Crippen LogP contribution in [-0.2, 0) is 5.41 Å². The molecule has 0 fully saturated rings. The van der Waals surface area contributed by atoms with E-state index in [2.05, 4.69) is 74.4 Å². The van der Waals surface area contributed by atoms with Crippen molar-refractivity contribution in [3.63, 3.8) is 0 Å². The largest absolute Gasteiger partial charge is 0.507 e. The Hall–Kier alpha value is -3.20. The average Bonchev–Trinajstić information content (AvgIpc) is 3.04. The highest BCUT2D eigenvalue weighted by molar-refractivity contribution is 6.30. The Balaban J connectivity index is 1.57. The van der Waals surface area contributed by atoms with Crippen molar-refractivity contribution in [2.45, 2.75) is 25.7 Å². The van der Waals surface area contributed by atoms with Gasteiger partial charge in [0.15, 0.2) is 0 Å². The molecular weight excluding hydrogens is 473 g/mol. The summed E-state index contributed by atoms with van der Waals surface area (Å²) in [5.41, 5.74) is 6.41. The van der Waals surface area contributed by atoms with Crippen molar-refractivity contribution in [1.29, 1.82) is 0 Å². The Morgan fingerprint density at radius 1 is 0.886 bits per heavy atom. The topological polar surface area (TPSA) is 23.5 Å². The van der Waals surface area contributed by atoms with Crippen LogP contribution in [0.4, 0.5) is 5.69 Å². The van der Waals surface area contributed by atoms with Crippen molar-refractivity contribution in [1.82, 2.24) is 0 Å². The number of fused-ring (bicyclic) bond motifs is 1. The molecule has 178 valence electrons. The average molecular weight is 502 g/mol. The molecule has 4 heteroatoms. The van der Waals surface area contributed by atoms with E-state index in [1.54, 1.807) is 30.3 Å². The quantitative estimate of drug-likeness (QED) is 0.268. The van der Waals surface area contributed by atoms with E-state index in [0.717, 1.165) is 11.1 Å². The number of benzene rings is 3. The molecule has 0 aliphatic carbocycles. The summed E-state index contributed by atoms with van der Waals surface area (Å²) in [4.78, 5) is 2.27. The van der Waals surface area contributed by atoms with Gasteiger partial charge in [-0.2, -0.15) is 0 Å². The summed E-state index contributed by atoms with van der Waals surface area (Å²) in [5.74, 6) is 0.182. The number of aliphatic hydroxyl groups is 1. The summed E-state index contributed by atoms with van der Waals surface area (Å²) in [5, 5.41) is 12.0. The van der Waals surface area contributed by atoms with Crippen molar-refractivity contribution in [3.8, 4) is 0 Å². The number of hydrogen-bond donors (Lipinski definition) is 1. The van der Waals surface area contributed by atoms with E-state index in [-0.39, 0.29) is 11.2 Å². The molecule has 0 aromatic heterocycles. The van der Waals surface area contributed by atoms with E-state index in [9.17, 15) is 5.11 Å². The molecule has 0 spiro atoms. The predicted octanol–water partition coefficient (Wildman–Crippen LogP) is 9.23. The molecule has 2 nitrogen and oxygen atoms in total. The number of likely N-dealkylation sites (N-methyl/N-ethyl adjacent to an activating group) is 1. The third-order valence-electron chi connectivity index (χ3n) is 6.41. The fourth-order valence-electron chi connectivity index (χ4n) is 4.49. The van der Waals surface area contributed by atoms with Crippen LogP contribution in [-0.4, -0.2) is 12.2 Å². The van der Waals surface area contributed by atoms with Crippen molar-refractivity contribution < 1.29 is 5.11 Å². The molecule has 0 unspecified atom stereocenters. The van der Waals surface area contributed by atoms with Crippen LogP contribution in [0.2, 0.25) is 10.0 Å². The SMILES string of the molecule is CN1/C(=C/C=C/C/C=C(\C=C(/O)c2ccc(Cl)cc2)c2ccc(Cl)cc2)C(C)(C)c2ccccc21. The number of aliphatic hydroxyl groups excluding tert-OH is 1. The van der Waals surface area contributed by atoms with Gasteiger partial charge in [0.2, 0.25) is 0 Å². The fraction of sp³-hybridized carbons (Fsp3) is 0.161. The smallest absolute Gasteiger partial charge is 0.123 e. The Morgan fingerprint density at radius 2 is 1.49 bits per heavy atom. The summed E-state index contributed by atoms with van der Waals surface area (Å²) >= 11 is 12.1. The third-order valence-corrected chi connectivity index (χ3v) is 6.92. The lowest BCUT2D eigenvalue weighted by Crippen LogP contribution is -2.22. The highest BCUT2D eigenvalue weighted by Crippen LogP contribution is 2.46. The molecule has 1 heterocycles. The molecule has 0 radical (unpaired) electrons. The van der Waals surface area contributed by atoms with E-state index in [0.29, 0.717) is 22.0 Å². The number of anilines is 1. The van der Waals surface area contributed by atoms with Gasteiger partial charge in [-0.25, -0.2) is 0 Å². The summed E-state index contributed by atoms with van der Waals surface area (Å²) in [7, 11) is 2.12. The van der Waals surface area contributed by atoms with E-state index in [1.807, 2.05) is 24.3 Å². The summed E-state index contributed by atoms with van der Waals surface area (Å²) in [6.45, 7) is 4.52. The normalized spacial score (nSPS) is 16.8. The van der Waals surface area contributed by atoms with E-state index in [1.165, 1.54) is 16.9 Å². The zero-order chi connectivity index (χ0) is 25.0. The lowest BCUT2D eigenvalue weighted by molar-refractivity contribution is 0.512. The minimum atomic E-state index is -0.0485. The second-order valence-corrected chi connectivity index (χ2v) is 9.99. The highest BCUT2D eigenvalue weighted by Gasteiger charge is 2.37. The summed E-state index contributed by atoms with van der Waals surface area (Å²) in [6.07, 6.45) is 11.0. The van der Waals surface area contributed by atoms with Gasteiger partial charge in [0.1, 0.15) is 5.76 Å². The van der Waals surface area contributed by atoms with E-state index >= 15 is 0 Å². The molecule has 1 aliphatic rings. The van der Waals surface area contributed by atoms with Crippen LogP contribution in [0.5, 0.6) is 0 Å². The monoisotopic (exact) mass is 501 g/mol. The maximum Gasteiger partial charge on any atom is 0.123 e. The molecule has 3 aromatic rings. The fourth-order valence-corrected chi connectivity index (χ4v) is 4.74. The standard InChI is InChI=1S/C31H29Cl2NO/c1-31(2)27-10-7-8-11-28(27)34(3)30(31)12-6-4-5-9-24(22-13-17-25(32)18-14-22)21-29(35)23-15-19-26(33)20-16-23/h4,6-21,35H,5H2,1-3H3/b6-4+,24-9+,29-21-,30-12+. The van der Waals surface area contributed by atoms with E-state index in [4.69, 9.17) is 23.2 Å². The Morgan fingerprint density at radius 3 is 2.11 bits per heavy atom. The zero-order valence-electron chi connectivity index (χ0n) is 20.2. The molecule has 4 rings (SSSR count). The molecule has 1 N–H and O–H groups in total. The van der Waals surface area contributed by atoms with Gasteiger partial charge in [0, 0.05) is 39.5 Å². The lowest BCUT2D eigenvalue weighted by Gasteiger charge is -2.23. The van der Waals surface area contributed by atoms with Crippen LogP contribution < -0.4 is 4.90 Å². The lowest BCUT2D eigenvalue weighted by atomic mass is 9.84. The number of rotatable bonds is 6. The predicted molar refractivity (Wildman–Crippen MR) is 151 cm³/mol. The number of nitrogens with zero attached hydrogens (tertiary/aromatic N) is 1. The summed E-state index contributed by atoms with van der Waals surface area (Å²) in [6, 6.07) is 23.3. The Kier molecular flexibility index (Phi) is 7.54. The van der Waals surface area contributed by atoms with Crippen LogP contribution >= 0.6 is 23.2 Å². The molecule has 35 heavy (non-hydrogen) atoms. The van der Waals surface area contributed by atoms with Gasteiger partial charge in [-0.3, -0.25) is 0 Å². The minimum Gasteiger partial charge on any atom is -0.507 e. The van der Waals surface area contributed by atoms with Crippen LogP contribution in [0, 0.1) is 0 Å². The maximum absolute atomic E-state index is 10.7. The zero-order valence-corrected chi connectivity index (χ0v) is 21.7. The summed E-state index contributed by atoms with van der Waals surface area (Å²) < 4.78 is 0. The van der Waals surface area contributed by atoms with Crippen molar-refractivity contribution in [2.75, 3.05) is 11.9 Å². The van der Waals surface area contributed by atoms with Gasteiger partial charge in [0.25, 0.3) is 0 Å². The minimum absolute atomic E-state index is 0.0485. The van der Waals surface area contributed by atoms with Gasteiger partial charge in [-0.1, -0.05) is 85.6 Å². The first kappa shape index (κ1) is 24.9. The second-order valence-electron chi connectivity index (χ2n) is 9.12. The number of halogens is 2. The molecule has 0 saturated heterocycles. The Bertz CT molecular complexity index is 1310. The van der Waals surface area contributed by atoms with Gasteiger partial charge >= 0.3 is 0 Å². The molecule has 0 bridgehead atoms. The Labute approximate surface area is 218 Å². The van der Waals surface area contributed by atoms with Crippen LogP contribution in [0.3, 0.4) is 0 Å². The molecule has 3 aromatic carbocycles. The molecule has 0 saturated carbocycles. The van der Waals surface area contributed by atoms with Crippen LogP contribution in [0.25, 0.3) is 11.3 Å². The maximum atomic E-state index is 10.7. The van der Waals surface area contributed by atoms with Gasteiger partial charge in [-0.05, 0) is 77.7 Å². The van der Waals surface area contributed by atoms with Crippen LogP contribution in [0.15, 0.2) is 109 Å². The first-order chi connectivity index (χ1) is 16.8.